The minimum absolute atomic E-state index is 0.0599. The summed E-state index contributed by atoms with van der Waals surface area (Å²) in [6.07, 6.45) is 0.229. The van der Waals surface area contributed by atoms with Gasteiger partial charge in [0.25, 0.3) is 5.91 Å². The van der Waals surface area contributed by atoms with Gasteiger partial charge in [0.1, 0.15) is 5.75 Å². The van der Waals surface area contributed by atoms with Crippen LogP contribution in [0.1, 0.15) is 26.3 Å². The first-order chi connectivity index (χ1) is 14.4. The normalized spacial score (nSPS) is 16.4. The van der Waals surface area contributed by atoms with Crippen LogP contribution in [-0.4, -0.2) is 45.5 Å². The van der Waals surface area contributed by atoms with E-state index in [1.807, 2.05) is 36.4 Å². The molecule has 0 aliphatic carbocycles. The van der Waals surface area contributed by atoms with Crippen molar-refractivity contribution >= 4 is 45.0 Å². The standard InChI is InChI=1S/C22H27ClN2O4S2/c1-22(2,3)15-5-10-19-18(13-15)25(31(4,27)28)14-20(29-19)21(26)24-11-12-30-17-8-6-16(23)7-9-17/h5-10,13,20H,11-12,14H2,1-4H3,(H,24,26). The molecule has 1 aliphatic heterocycles. The molecule has 0 saturated heterocycles. The van der Waals surface area contributed by atoms with E-state index in [1.165, 1.54) is 4.31 Å². The van der Waals surface area contributed by atoms with Gasteiger partial charge in [-0.1, -0.05) is 38.4 Å². The van der Waals surface area contributed by atoms with Crippen molar-refractivity contribution in [2.24, 2.45) is 0 Å². The molecule has 6 nitrogen and oxygen atoms in total. The summed E-state index contributed by atoms with van der Waals surface area (Å²) in [7, 11) is -3.57. The van der Waals surface area contributed by atoms with E-state index in [4.69, 9.17) is 16.3 Å². The van der Waals surface area contributed by atoms with Crippen molar-refractivity contribution in [3.8, 4) is 5.75 Å². The molecule has 31 heavy (non-hydrogen) atoms. The van der Waals surface area contributed by atoms with Crippen molar-refractivity contribution in [2.75, 3.05) is 29.4 Å². The van der Waals surface area contributed by atoms with Crippen molar-refractivity contribution in [3.05, 3.63) is 53.1 Å². The number of rotatable bonds is 6. The van der Waals surface area contributed by atoms with Crippen molar-refractivity contribution in [3.63, 3.8) is 0 Å². The number of nitrogens with zero attached hydrogens (tertiary/aromatic N) is 1. The molecule has 2 aromatic carbocycles. The van der Waals surface area contributed by atoms with Crippen LogP contribution in [0.4, 0.5) is 5.69 Å². The summed E-state index contributed by atoms with van der Waals surface area (Å²) in [5.41, 5.74) is 1.32. The van der Waals surface area contributed by atoms with Gasteiger partial charge in [0.2, 0.25) is 10.0 Å². The van der Waals surface area contributed by atoms with E-state index in [0.717, 1.165) is 16.7 Å². The van der Waals surface area contributed by atoms with E-state index in [9.17, 15) is 13.2 Å². The van der Waals surface area contributed by atoms with Gasteiger partial charge in [-0.25, -0.2) is 8.42 Å². The zero-order chi connectivity index (χ0) is 22.8. The zero-order valence-electron chi connectivity index (χ0n) is 18.0. The van der Waals surface area contributed by atoms with Crippen LogP contribution in [0.2, 0.25) is 5.02 Å². The Morgan fingerprint density at radius 2 is 1.90 bits per heavy atom. The van der Waals surface area contributed by atoms with Crippen LogP contribution in [0.15, 0.2) is 47.4 Å². The SMILES string of the molecule is CC(C)(C)c1ccc2c(c1)N(S(C)(=O)=O)CC(C(=O)NCCSc1ccc(Cl)cc1)O2. The number of halogens is 1. The van der Waals surface area contributed by atoms with E-state index in [2.05, 4.69) is 26.1 Å². The Labute approximate surface area is 193 Å². The highest BCUT2D eigenvalue weighted by atomic mass is 35.5. The smallest absolute Gasteiger partial charge is 0.263 e. The van der Waals surface area contributed by atoms with Crippen LogP contribution in [0, 0.1) is 0 Å². The third-order valence-electron chi connectivity index (χ3n) is 4.87. The molecule has 3 rings (SSSR count). The van der Waals surface area contributed by atoms with Crippen molar-refractivity contribution in [2.45, 2.75) is 37.2 Å². The number of hydrogen-bond acceptors (Lipinski definition) is 5. The molecule has 168 valence electrons. The fourth-order valence-corrected chi connectivity index (χ4v) is 4.96. The maximum Gasteiger partial charge on any atom is 0.263 e. The molecule has 0 spiro atoms. The van der Waals surface area contributed by atoms with E-state index >= 15 is 0 Å². The number of carbonyl (C=O) groups is 1. The summed E-state index contributed by atoms with van der Waals surface area (Å²) in [5, 5.41) is 3.52. The minimum Gasteiger partial charge on any atom is -0.476 e. The Hall–Kier alpha value is -1.90. The average Bonchev–Trinajstić information content (AvgIpc) is 2.69. The first-order valence-electron chi connectivity index (χ1n) is 9.90. The minimum atomic E-state index is -3.57. The lowest BCUT2D eigenvalue weighted by molar-refractivity contribution is -0.127. The first kappa shape index (κ1) is 23.8. The molecule has 1 amide bonds. The fraction of sp³-hybridized carbons (Fsp3) is 0.409. The number of ether oxygens (including phenoxy) is 1. The third-order valence-corrected chi connectivity index (χ3v) is 7.28. The number of benzene rings is 2. The molecule has 1 N–H and O–H groups in total. The van der Waals surface area contributed by atoms with E-state index in [0.29, 0.717) is 28.8 Å². The Morgan fingerprint density at radius 3 is 2.52 bits per heavy atom. The Bertz CT molecular complexity index is 1050. The Balaban J connectivity index is 1.67. The lowest BCUT2D eigenvalue weighted by Crippen LogP contribution is -2.50. The largest absolute Gasteiger partial charge is 0.476 e. The van der Waals surface area contributed by atoms with Crippen molar-refractivity contribution in [1.82, 2.24) is 5.32 Å². The predicted octanol–water partition coefficient (Wildman–Crippen LogP) is 4.07. The number of fused-ring (bicyclic) bond motifs is 1. The molecule has 2 aromatic rings. The third kappa shape index (κ3) is 6.08. The van der Waals surface area contributed by atoms with Crippen LogP contribution in [0.5, 0.6) is 5.75 Å². The maximum absolute atomic E-state index is 12.7. The summed E-state index contributed by atoms with van der Waals surface area (Å²) in [5.74, 6) is 0.720. The van der Waals surface area contributed by atoms with Gasteiger partial charge in [-0.3, -0.25) is 9.10 Å². The van der Waals surface area contributed by atoms with Gasteiger partial charge >= 0.3 is 0 Å². The number of carbonyl (C=O) groups excluding carboxylic acids is 1. The van der Waals surface area contributed by atoms with Gasteiger partial charge in [0.15, 0.2) is 6.10 Å². The van der Waals surface area contributed by atoms with E-state index < -0.39 is 16.1 Å². The van der Waals surface area contributed by atoms with E-state index in [-0.39, 0.29) is 17.9 Å². The molecule has 1 unspecified atom stereocenters. The van der Waals surface area contributed by atoms with Gasteiger partial charge in [-0.2, -0.15) is 0 Å². The molecule has 1 aliphatic rings. The molecular weight excluding hydrogens is 456 g/mol. The average molecular weight is 483 g/mol. The summed E-state index contributed by atoms with van der Waals surface area (Å²) in [4.78, 5) is 13.7. The van der Waals surface area contributed by atoms with Crippen molar-refractivity contribution < 1.29 is 17.9 Å². The Kier molecular flexibility index (Phi) is 7.13. The molecule has 0 bridgehead atoms. The summed E-state index contributed by atoms with van der Waals surface area (Å²) >= 11 is 7.48. The molecule has 1 heterocycles. The maximum atomic E-state index is 12.7. The van der Waals surface area contributed by atoms with Gasteiger partial charge < -0.3 is 10.1 Å². The van der Waals surface area contributed by atoms with Gasteiger partial charge in [0, 0.05) is 22.2 Å². The highest BCUT2D eigenvalue weighted by Crippen LogP contribution is 2.38. The molecule has 0 radical (unpaired) electrons. The second kappa shape index (κ2) is 9.30. The summed E-state index contributed by atoms with van der Waals surface area (Å²) in [6, 6.07) is 13.0. The second-order valence-corrected chi connectivity index (χ2v) is 11.9. The van der Waals surface area contributed by atoms with Crippen LogP contribution in [0.25, 0.3) is 0 Å². The van der Waals surface area contributed by atoms with Crippen LogP contribution >= 0.6 is 23.4 Å². The number of anilines is 1. The summed E-state index contributed by atoms with van der Waals surface area (Å²) < 4.78 is 32.0. The second-order valence-electron chi connectivity index (χ2n) is 8.43. The number of hydrogen-bond donors (Lipinski definition) is 1. The van der Waals surface area contributed by atoms with Crippen LogP contribution in [-0.2, 0) is 20.2 Å². The van der Waals surface area contributed by atoms with Crippen LogP contribution < -0.4 is 14.4 Å². The van der Waals surface area contributed by atoms with E-state index in [1.54, 1.807) is 17.8 Å². The first-order valence-corrected chi connectivity index (χ1v) is 13.1. The summed E-state index contributed by atoms with van der Waals surface area (Å²) in [6.45, 7) is 6.54. The Morgan fingerprint density at radius 1 is 1.23 bits per heavy atom. The lowest BCUT2D eigenvalue weighted by atomic mass is 9.86. The topological polar surface area (TPSA) is 75.7 Å². The number of amides is 1. The molecule has 0 saturated carbocycles. The number of sulfonamides is 1. The number of nitrogens with one attached hydrogen (secondary N) is 1. The molecule has 9 heteroatoms. The van der Waals surface area contributed by atoms with Gasteiger partial charge in [0.05, 0.1) is 18.5 Å². The van der Waals surface area contributed by atoms with Crippen LogP contribution in [0.3, 0.4) is 0 Å². The molecule has 0 fully saturated rings. The zero-order valence-corrected chi connectivity index (χ0v) is 20.4. The van der Waals surface area contributed by atoms with Gasteiger partial charge in [-0.05, 0) is 47.4 Å². The lowest BCUT2D eigenvalue weighted by Gasteiger charge is -2.35. The predicted molar refractivity (Wildman–Crippen MR) is 127 cm³/mol. The monoisotopic (exact) mass is 482 g/mol. The quantitative estimate of drug-likeness (QED) is 0.496. The number of thioether (sulfide) groups is 1. The van der Waals surface area contributed by atoms with Crippen molar-refractivity contribution in [1.29, 1.82) is 0 Å². The molecular formula is C22H27ClN2O4S2. The molecule has 1 atom stereocenters. The molecule has 0 aromatic heterocycles. The fourth-order valence-electron chi connectivity index (χ4n) is 3.16. The van der Waals surface area contributed by atoms with Gasteiger partial charge in [-0.15, -0.1) is 11.8 Å². The highest BCUT2D eigenvalue weighted by molar-refractivity contribution is 7.99. The highest BCUT2D eigenvalue weighted by Gasteiger charge is 2.35.